The van der Waals surface area contributed by atoms with Crippen LogP contribution in [0.15, 0.2) is 42.7 Å². The molecule has 0 radical (unpaired) electrons. The Labute approximate surface area is 117 Å². The van der Waals surface area contributed by atoms with Gasteiger partial charge in [-0.1, -0.05) is 30.3 Å². The van der Waals surface area contributed by atoms with E-state index >= 15 is 0 Å². The third-order valence-electron chi connectivity index (χ3n) is 2.97. The van der Waals surface area contributed by atoms with Gasteiger partial charge < -0.3 is 0 Å². The molecule has 20 heavy (non-hydrogen) atoms. The quantitative estimate of drug-likeness (QED) is 0.727. The molecule has 6 heteroatoms. The molecule has 102 valence electrons. The standard InChI is InChI=1S/C14H16N6/c1-11(2)20-17-14(16-18-20)13-8-15-19(10-13)9-12-6-4-3-5-7-12/h3-8,10-11H,9H2,1-2H3. The van der Waals surface area contributed by atoms with Gasteiger partial charge in [0.2, 0.25) is 5.82 Å². The number of aromatic nitrogens is 6. The number of hydrogen-bond donors (Lipinski definition) is 0. The van der Waals surface area contributed by atoms with Gasteiger partial charge in [0.05, 0.1) is 24.3 Å². The van der Waals surface area contributed by atoms with Crippen LogP contribution in [0.3, 0.4) is 0 Å². The Hall–Kier alpha value is -2.50. The molecule has 0 bridgehead atoms. The highest BCUT2D eigenvalue weighted by atomic mass is 15.6. The lowest BCUT2D eigenvalue weighted by Gasteiger charge is -2.00. The van der Waals surface area contributed by atoms with Crippen LogP contribution in [0.2, 0.25) is 0 Å². The molecule has 0 aliphatic rings. The number of hydrogen-bond acceptors (Lipinski definition) is 4. The maximum Gasteiger partial charge on any atom is 0.208 e. The predicted octanol–water partition coefficient (Wildman–Crippen LogP) is 2.17. The second-order valence-corrected chi connectivity index (χ2v) is 4.94. The van der Waals surface area contributed by atoms with Gasteiger partial charge >= 0.3 is 0 Å². The lowest BCUT2D eigenvalue weighted by Crippen LogP contribution is -2.04. The van der Waals surface area contributed by atoms with Gasteiger partial charge in [-0.3, -0.25) is 4.68 Å². The Morgan fingerprint density at radius 2 is 1.95 bits per heavy atom. The molecule has 0 N–H and O–H groups in total. The summed E-state index contributed by atoms with van der Waals surface area (Å²) in [6, 6.07) is 10.4. The molecule has 0 saturated carbocycles. The van der Waals surface area contributed by atoms with Crippen molar-refractivity contribution in [3.63, 3.8) is 0 Å². The Balaban J connectivity index is 1.79. The van der Waals surface area contributed by atoms with E-state index in [9.17, 15) is 0 Å². The highest BCUT2D eigenvalue weighted by Crippen LogP contribution is 2.14. The van der Waals surface area contributed by atoms with Gasteiger partial charge in [-0.05, 0) is 24.6 Å². The van der Waals surface area contributed by atoms with Crippen molar-refractivity contribution in [3.05, 3.63) is 48.3 Å². The monoisotopic (exact) mass is 268 g/mol. The van der Waals surface area contributed by atoms with E-state index in [-0.39, 0.29) is 6.04 Å². The van der Waals surface area contributed by atoms with Gasteiger partial charge in [-0.2, -0.15) is 9.90 Å². The molecule has 3 aromatic rings. The summed E-state index contributed by atoms with van der Waals surface area (Å²) in [4.78, 5) is 1.60. The van der Waals surface area contributed by atoms with Crippen LogP contribution < -0.4 is 0 Å². The Morgan fingerprint density at radius 1 is 1.15 bits per heavy atom. The number of tetrazole rings is 1. The van der Waals surface area contributed by atoms with Crippen LogP contribution in [0.1, 0.15) is 25.5 Å². The maximum atomic E-state index is 4.34. The highest BCUT2D eigenvalue weighted by Gasteiger charge is 2.10. The van der Waals surface area contributed by atoms with Crippen molar-refractivity contribution in [1.82, 2.24) is 30.0 Å². The molecule has 1 aromatic carbocycles. The zero-order valence-corrected chi connectivity index (χ0v) is 11.5. The predicted molar refractivity (Wildman–Crippen MR) is 75.0 cm³/mol. The largest absolute Gasteiger partial charge is 0.268 e. The van der Waals surface area contributed by atoms with E-state index in [1.165, 1.54) is 5.56 Å². The van der Waals surface area contributed by atoms with Crippen molar-refractivity contribution in [1.29, 1.82) is 0 Å². The molecule has 0 atom stereocenters. The fourth-order valence-corrected chi connectivity index (χ4v) is 1.90. The summed E-state index contributed by atoms with van der Waals surface area (Å²) in [6.07, 6.45) is 3.71. The molecule has 0 amide bonds. The summed E-state index contributed by atoms with van der Waals surface area (Å²) in [7, 11) is 0. The van der Waals surface area contributed by atoms with E-state index in [1.54, 1.807) is 11.0 Å². The number of rotatable bonds is 4. The van der Waals surface area contributed by atoms with Crippen molar-refractivity contribution < 1.29 is 0 Å². The molecule has 0 unspecified atom stereocenters. The minimum atomic E-state index is 0.204. The van der Waals surface area contributed by atoms with Crippen molar-refractivity contribution in [3.8, 4) is 11.4 Å². The number of nitrogens with zero attached hydrogens (tertiary/aromatic N) is 6. The van der Waals surface area contributed by atoms with E-state index in [2.05, 4.69) is 32.6 Å². The molecular formula is C14H16N6. The molecule has 2 heterocycles. The van der Waals surface area contributed by atoms with Gasteiger partial charge in [0, 0.05) is 6.20 Å². The third-order valence-corrected chi connectivity index (χ3v) is 2.97. The smallest absolute Gasteiger partial charge is 0.208 e. The summed E-state index contributed by atoms with van der Waals surface area (Å²) in [5.74, 6) is 0.609. The van der Waals surface area contributed by atoms with Crippen LogP contribution in [-0.4, -0.2) is 30.0 Å². The Bertz CT molecular complexity index is 683. The Morgan fingerprint density at radius 3 is 2.65 bits per heavy atom. The fourth-order valence-electron chi connectivity index (χ4n) is 1.90. The second-order valence-electron chi connectivity index (χ2n) is 4.94. The lowest BCUT2D eigenvalue weighted by atomic mass is 10.2. The van der Waals surface area contributed by atoms with Gasteiger partial charge in [0.1, 0.15) is 0 Å². The van der Waals surface area contributed by atoms with Crippen LogP contribution in [0, 0.1) is 0 Å². The minimum absolute atomic E-state index is 0.204. The van der Waals surface area contributed by atoms with Crippen molar-refractivity contribution in [2.45, 2.75) is 26.4 Å². The molecule has 0 aliphatic heterocycles. The first-order chi connectivity index (χ1) is 9.72. The lowest BCUT2D eigenvalue weighted by molar-refractivity contribution is 0.455. The first-order valence-electron chi connectivity index (χ1n) is 6.58. The SMILES string of the molecule is CC(C)n1nnc(-c2cnn(Cc3ccccc3)c2)n1. The first-order valence-corrected chi connectivity index (χ1v) is 6.58. The van der Waals surface area contributed by atoms with E-state index in [0.29, 0.717) is 5.82 Å². The van der Waals surface area contributed by atoms with E-state index < -0.39 is 0 Å². The maximum absolute atomic E-state index is 4.34. The average molecular weight is 268 g/mol. The Kier molecular flexibility index (Phi) is 3.28. The average Bonchev–Trinajstić information content (AvgIpc) is 3.08. The van der Waals surface area contributed by atoms with Gasteiger partial charge in [-0.15, -0.1) is 10.2 Å². The van der Waals surface area contributed by atoms with E-state index in [4.69, 9.17) is 0 Å². The molecule has 3 rings (SSSR count). The zero-order valence-electron chi connectivity index (χ0n) is 11.5. The summed E-state index contributed by atoms with van der Waals surface area (Å²) < 4.78 is 1.88. The van der Waals surface area contributed by atoms with Gasteiger partial charge in [0.25, 0.3) is 0 Å². The molecule has 0 aliphatic carbocycles. The molecule has 0 saturated heterocycles. The van der Waals surface area contributed by atoms with Gasteiger partial charge in [0.15, 0.2) is 0 Å². The molecule has 2 aromatic heterocycles. The summed E-state index contributed by atoms with van der Waals surface area (Å²) in [6.45, 7) is 4.77. The van der Waals surface area contributed by atoms with Gasteiger partial charge in [-0.25, -0.2) is 0 Å². The zero-order chi connectivity index (χ0) is 13.9. The molecule has 6 nitrogen and oxygen atoms in total. The van der Waals surface area contributed by atoms with Crippen LogP contribution in [-0.2, 0) is 6.54 Å². The topological polar surface area (TPSA) is 61.4 Å². The van der Waals surface area contributed by atoms with Crippen molar-refractivity contribution in [2.24, 2.45) is 0 Å². The van der Waals surface area contributed by atoms with Crippen LogP contribution in [0.4, 0.5) is 0 Å². The minimum Gasteiger partial charge on any atom is -0.268 e. The number of benzene rings is 1. The molecule has 0 spiro atoms. The fraction of sp³-hybridized carbons (Fsp3) is 0.286. The van der Waals surface area contributed by atoms with Crippen molar-refractivity contribution in [2.75, 3.05) is 0 Å². The summed E-state index contributed by atoms with van der Waals surface area (Å²) in [5.41, 5.74) is 2.09. The van der Waals surface area contributed by atoms with Crippen LogP contribution >= 0.6 is 0 Å². The normalized spacial score (nSPS) is 11.2. The van der Waals surface area contributed by atoms with E-state index in [0.717, 1.165) is 12.1 Å². The first kappa shape index (κ1) is 12.5. The highest BCUT2D eigenvalue weighted by molar-refractivity contribution is 5.50. The summed E-state index contributed by atoms with van der Waals surface area (Å²) in [5, 5.41) is 16.8. The van der Waals surface area contributed by atoms with Crippen LogP contribution in [0.5, 0.6) is 0 Å². The molecular weight excluding hydrogens is 252 g/mol. The van der Waals surface area contributed by atoms with Crippen LogP contribution in [0.25, 0.3) is 11.4 Å². The van der Waals surface area contributed by atoms with Crippen molar-refractivity contribution >= 4 is 0 Å². The summed E-state index contributed by atoms with van der Waals surface area (Å²) >= 11 is 0. The second kappa shape index (κ2) is 5.24. The molecule has 0 fully saturated rings. The van der Waals surface area contributed by atoms with E-state index in [1.807, 2.05) is 42.9 Å². The third kappa shape index (κ3) is 2.59.